The molecule has 2 aliphatic rings. The van der Waals surface area contributed by atoms with E-state index in [0.717, 1.165) is 37.9 Å². The zero-order valence-electron chi connectivity index (χ0n) is 12.4. The molecule has 1 saturated heterocycles. The Labute approximate surface area is 134 Å². The van der Waals surface area contributed by atoms with Gasteiger partial charge < -0.3 is 9.73 Å². The summed E-state index contributed by atoms with van der Waals surface area (Å²) in [5, 5.41) is 3.43. The van der Waals surface area contributed by atoms with Gasteiger partial charge in [-0.2, -0.15) is 0 Å². The normalized spacial score (nSPS) is 20.9. The second kappa shape index (κ2) is 7.69. The number of aryl methyl sites for hydroxylation is 2. The van der Waals surface area contributed by atoms with E-state index in [4.69, 9.17) is 4.42 Å². The van der Waals surface area contributed by atoms with Crippen molar-refractivity contribution < 1.29 is 4.42 Å². The van der Waals surface area contributed by atoms with Gasteiger partial charge >= 0.3 is 0 Å². The van der Waals surface area contributed by atoms with E-state index in [1.54, 1.807) is 0 Å². The standard InChI is InChI=1S/C15H24N2O.2ClH/c1-11-9-15(18-12(11)2)14(10-13-3-4-13)17-7-5-16-6-8-17;;/h9,13-14,16H,3-8,10H2,1-2H3;2*1H/t14-;;/m0../s1. The molecule has 0 amide bonds. The fraction of sp³-hybridized carbons (Fsp3) is 0.733. The van der Waals surface area contributed by atoms with Crippen LogP contribution in [0.25, 0.3) is 0 Å². The van der Waals surface area contributed by atoms with Crippen LogP contribution in [-0.4, -0.2) is 31.1 Å². The highest BCUT2D eigenvalue weighted by atomic mass is 35.5. The van der Waals surface area contributed by atoms with Gasteiger partial charge in [0.15, 0.2) is 0 Å². The summed E-state index contributed by atoms with van der Waals surface area (Å²) in [7, 11) is 0. The average Bonchev–Trinajstić information content (AvgIpc) is 3.14. The number of furan rings is 1. The van der Waals surface area contributed by atoms with Crippen molar-refractivity contribution in [2.24, 2.45) is 5.92 Å². The summed E-state index contributed by atoms with van der Waals surface area (Å²) in [4.78, 5) is 2.60. The Kier molecular flexibility index (Phi) is 6.86. The first-order chi connectivity index (χ1) is 8.74. The first kappa shape index (κ1) is 17.8. The molecule has 0 unspecified atom stereocenters. The first-order valence-electron chi connectivity index (χ1n) is 7.26. The number of piperazine rings is 1. The lowest BCUT2D eigenvalue weighted by molar-refractivity contribution is 0.141. The third-order valence-corrected chi connectivity index (χ3v) is 4.36. The molecule has 1 aromatic rings. The summed E-state index contributed by atoms with van der Waals surface area (Å²) in [6.07, 6.45) is 4.12. The van der Waals surface area contributed by atoms with Crippen LogP contribution in [0.2, 0.25) is 0 Å². The molecular formula is C15H26Cl2N2O. The predicted molar refractivity (Wildman–Crippen MR) is 87.2 cm³/mol. The van der Waals surface area contributed by atoms with E-state index in [9.17, 15) is 0 Å². The molecule has 3 nitrogen and oxygen atoms in total. The van der Waals surface area contributed by atoms with E-state index in [2.05, 4.69) is 30.1 Å². The van der Waals surface area contributed by atoms with E-state index in [1.165, 1.54) is 30.6 Å². The summed E-state index contributed by atoms with van der Waals surface area (Å²) in [5.41, 5.74) is 1.29. The number of rotatable bonds is 4. The molecular weight excluding hydrogens is 295 g/mol. The molecule has 1 aliphatic carbocycles. The van der Waals surface area contributed by atoms with Gasteiger partial charge in [-0.25, -0.2) is 0 Å². The predicted octanol–water partition coefficient (Wildman–Crippen LogP) is 3.49. The van der Waals surface area contributed by atoms with Crippen molar-refractivity contribution in [2.75, 3.05) is 26.2 Å². The van der Waals surface area contributed by atoms with Crippen molar-refractivity contribution in [3.05, 3.63) is 23.2 Å². The molecule has 0 radical (unpaired) electrons. The van der Waals surface area contributed by atoms with E-state index in [0.29, 0.717) is 6.04 Å². The van der Waals surface area contributed by atoms with E-state index in [1.807, 2.05) is 0 Å². The Hall–Kier alpha value is -0.220. The topological polar surface area (TPSA) is 28.4 Å². The quantitative estimate of drug-likeness (QED) is 0.920. The van der Waals surface area contributed by atoms with Crippen molar-refractivity contribution in [3.63, 3.8) is 0 Å². The number of nitrogens with one attached hydrogen (secondary N) is 1. The highest BCUT2D eigenvalue weighted by Gasteiger charge is 2.32. The molecule has 1 aliphatic heterocycles. The monoisotopic (exact) mass is 320 g/mol. The molecule has 3 rings (SSSR count). The molecule has 0 bridgehead atoms. The Bertz CT molecular complexity index is 393. The Morgan fingerprint density at radius 1 is 1.25 bits per heavy atom. The molecule has 5 heteroatoms. The SMILES string of the molecule is Cc1cc([C@H](CC2CC2)N2CCNCC2)oc1C.Cl.Cl. The van der Waals surface area contributed by atoms with Crippen LogP contribution in [-0.2, 0) is 0 Å². The van der Waals surface area contributed by atoms with Crippen molar-refractivity contribution in [1.82, 2.24) is 10.2 Å². The van der Waals surface area contributed by atoms with Crippen LogP contribution < -0.4 is 5.32 Å². The van der Waals surface area contributed by atoms with Crippen LogP contribution in [0.5, 0.6) is 0 Å². The van der Waals surface area contributed by atoms with Gasteiger partial charge in [-0.15, -0.1) is 24.8 Å². The average molecular weight is 321 g/mol. The zero-order chi connectivity index (χ0) is 12.5. The third-order valence-electron chi connectivity index (χ3n) is 4.36. The summed E-state index contributed by atoms with van der Waals surface area (Å²) >= 11 is 0. The summed E-state index contributed by atoms with van der Waals surface area (Å²) in [6, 6.07) is 2.76. The molecule has 1 aromatic heterocycles. The number of hydrogen-bond acceptors (Lipinski definition) is 3. The lowest BCUT2D eigenvalue weighted by Crippen LogP contribution is -2.45. The maximum Gasteiger partial charge on any atom is 0.121 e. The van der Waals surface area contributed by atoms with Gasteiger partial charge in [0, 0.05) is 26.2 Å². The van der Waals surface area contributed by atoms with Gasteiger partial charge in [0.1, 0.15) is 11.5 Å². The molecule has 116 valence electrons. The number of nitrogens with zero attached hydrogens (tertiary/aromatic N) is 1. The van der Waals surface area contributed by atoms with Gasteiger partial charge in [0.2, 0.25) is 0 Å². The van der Waals surface area contributed by atoms with Crippen LogP contribution in [0.3, 0.4) is 0 Å². The Balaban J connectivity index is 0.000001000. The molecule has 1 N–H and O–H groups in total. The van der Waals surface area contributed by atoms with Gasteiger partial charge in [-0.05, 0) is 37.8 Å². The molecule has 1 atom stereocenters. The Morgan fingerprint density at radius 2 is 1.90 bits per heavy atom. The fourth-order valence-electron chi connectivity index (χ4n) is 2.87. The molecule has 0 spiro atoms. The van der Waals surface area contributed by atoms with E-state index < -0.39 is 0 Å². The third kappa shape index (κ3) is 4.14. The largest absolute Gasteiger partial charge is 0.464 e. The minimum atomic E-state index is 0. The maximum atomic E-state index is 6.00. The van der Waals surface area contributed by atoms with Gasteiger partial charge in [-0.3, -0.25) is 4.90 Å². The highest BCUT2D eigenvalue weighted by Crippen LogP contribution is 2.40. The second-order valence-electron chi connectivity index (χ2n) is 5.87. The lowest BCUT2D eigenvalue weighted by atomic mass is 10.0. The first-order valence-corrected chi connectivity index (χ1v) is 7.26. The maximum absolute atomic E-state index is 6.00. The molecule has 0 aromatic carbocycles. The van der Waals surface area contributed by atoms with Crippen LogP contribution in [0.4, 0.5) is 0 Å². The smallest absolute Gasteiger partial charge is 0.121 e. The molecule has 1 saturated carbocycles. The molecule has 2 heterocycles. The van der Waals surface area contributed by atoms with Crippen LogP contribution in [0.15, 0.2) is 10.5 Å². The summed E-state index contributed by atoms with van der Waals surface area (Å²) in [5.74, 6) is 3.22. The summed E-state index contributed by atoms with van der Waals surface area (Å²) < 4.78 is 6.00. The zero-order valence-corrected chi connectivity index (χ0v) is 14.0. The van der Waals surface area contributed by atoms with Crippen LogP contribution >= 0.6 is 24.8 Å². The van der Waals surface area contributed by atoms with Crippen molar-refractivity contribution in [3.8, 4) is 0 Å². The van der Waals surface area contributed by atoms with Gasteiger partial charge in [0.05, 0.1) is 6.04 Å². The van der Waals surface area contributed by atoms with Crippen molar-refractivity contribution in [2.45, 2.75) is 39.2 Å². The second-order valence-corrected chi connectivity index (χ2v) is 5.87. The fourth-order valence-corrected chi connectivity index (χ4v) is 2.87. The summed E-state index contributed by atoms with van der Waals surface area (Å²) in [6.45, 7) is 8.74. The van der Waals surface area contributed by atoms with Crippen LogP contribution in [0.1, 0.15) is 42.4 Å². The van der Waals surface area contributed by atoms with Crippen molar-refractivity contribution >= 4 is 24.8 Å². The molecule has 20 heavy (non-hydrogen) atoms. The minimum Gasteiger partial charge on any atom is -0.464 e. The van der Waals surface area contributed by atoms with Crippen LogP contribution in [0, 0.1) is 19.8 Å². The number of halogens is 2. The van der Waals surface area contributed by atoms with E-state index in [-0.39, 0.29) is 24.8 Å². The lowest BCUT2D eigenvalue weighted by Gasteiger charge is -2.34. The highest BCUT2D eigenvalue weighted by molar-refractivity contribution is 5.85. The van der Waals surface area contributed by atoms with E-state index >= 15 is 0 Å². The van der Waals surface area contributed by atoms with Gasteiger partial charge in [0.25, 0.3) is 0 Å². The minimum absolute atomic E-state index is 0. The molecule has 2 fully saturated rings. The van der Waals surface area contributed by atoms with Crippen molar-refractivity contribution in [1.29, 1.82) is 0 Å². The van der Waals surface area contributed by atoms with Gasteiger partial charge in [-0.1, -0.05) is 12.8 Å². The number of hydrogen-bond donors (Lipinski definition) is 1. The Morgan fingerprint density at radius 3 is 2.40 bits per heavy atom.